The molecule has 2 aliphatic heterocycles. The summed E-state index contributed by atoms with van der Waals surface area (Å²) in [6, 6.07) is 3.78. The van der Waals surface area contributed by atoms with Crippen LogP contribution in [-0.2, 0) is 4.79 Å². The summed E-state index contributed by atoms with van der Waals surface area (Å²) in [6.45, 7) is 5.14. The highest BCUT2D eigenvalue weighted by Gasteiger charge is 2.48. The number of thiophene rings is 1. The first-order valence-electron chi connectivity index (χ1n) is 7.28. The van der Waals surface area contributed by atoms with Crippen LogP contribution in [0.15, 0.2) is 17.5 Å². The minimum atomic E-state index is -0.178. The van der Waals surface area contributed by atoms with E-state index in [1.807, 2.05) is 34.2 Å². The van der Waals surface area contributed by atoms with Crippen molar-refractivity contribution in [3.63, 3.8) is 0 Å². The van der Waals surface area contributed by atoms with Crippen LogP contribution in [0.3, 0.4) is 0 Å². The lowest BCUT2D eigenvalue weighted by molar-refractivity contribution is -0.137. The molecule has 0 unspecified atom stereocenters. The first-order chi connectivity index (χ1) is 9.66. The molecule has 1 aromatic heterocycles. The number of amides is 2. The molecule has 2 aliphatic rings. The average molecular weight is 292 g/mol. The lowest BCUT2D eigenvalue weighted by Gasteiger charge is -2.37. The van der Waals surface area contributed by atoms with Crippen LogP contribution in [0.5, 0.6) is 0 Å². The van der Waals surface area contributed by atoms with Gasteiger partial charge in [0.1, 0.15) is 0 Å². The van der Waals surface area contributed by atoms with Crippen molar-refractivity contribution in [2.24, 2.45) is 5.41 Å². The standard InChI is InChI=1S/C15H20N2O2S/c1-2-16-8-5-15(14(16)19)6-9-17(10-7-15)13(18)12-4-3-11-20-12/h3-4,11H,2,5-10H2,1H3. The van der Waals surface area contributed by atoms with E-state index in [0.29, 0.717) is 19.0 Å². The van der Waals surface area contributed by atoms with Crippen LogP contribution in [0.2, 0.25) is 0 Å². The molecule has 108 valence electrons. The highest BCUT2D eigenvalue weighted by Crippen LogP contribution is 2.41. The van der Waals surface area contributed by atoms with Gasteiger partial charge < -0.3 is 9.80 Å². The summed E-state index contributed by atoms with van der Waals surface area (Å²) in [7, 11) is 0. The predicted molar refractivity (Wildman–Crippen MR) is 78.8 cm³/mol. The van der Waals surface area contributed by atoms with Gasteiger partial charge in [-0.1, -0.05) is 6.07 Å². The number of rotatable bonds is 2. The van der Waals surface area contributed by atoms with Crippen molar-refractivity contribution in [3.05, 3.63) is 22.4 Å². The smallest absolute Gasteiger partial charge is 0.263 e. The molecule has 0 N–H and O–H groups in total. The van der Waals surface area contributed by atoms with Gasteiger partial charge in [-0.15, -0.1) is 11.3 Å². The number of hydrogen-bond acceptors (Lipinski definition) is 3. The number of likely N-dealkylation sites (tertiary alicyclic amines) is 2. The molecule has 2 saturated heterocycles. The second-order valence-corrected chi connectivity index (χ2v) is 6.63. The molecule has 0 radical (unpaired) electrons. The zero-order valence-corrected chi connectivity index (χ0v) is 12.6. The van der Waals surface area contributed by atoms with Gasteiger partial charge in [0.25, 0.3) is 5.91 Å². The number of carbonyl (C=O) groups is 2. The third-order valence-corrected chi connectivity index (χ3v) is 5.58. The van der Waals surface area contributed by atoms with E-state index in [4.69, 9.17) is 0 Å². The Morgan fingerprint density at radius 1 is 1.30 bits per heavy atom. The van der Waals surface area contributed by atoms with Crippen molar-refractivity contribution in [2.75, 3.05) is 26.2 Å². The lowest BCUT2D eigenvalue weighted by Crippen LogP contribution is -2.46. The van der Waals surface area contributed by atoms with E-state index in [0.717, 1.165) is 37.2 Å². The SMILES string of the molecule is CCN1CCC2(CCN(C(=O)c3cccs3)CC2)C1=O. The van der Waals surface area contributed by atoms with Crippen LogP contribution in [0.4, 0.5) is 0 Å². The van der Waals surface area contributed by atoms with E-state index in [2.05, 4.69) is 0 Å². The summed E-state index contributed by atoms with van der Waals surface area (Å²) < 4.78 is 0. The molecule has 4 nitrogen and oxygen atoms in total. The van der Waals surface area contributed by atoms with Gasteiger partial charge in [0.05, 0.1) is 10.3 Å². The van der Waals surface area contributed by atoms with Crippen LogP contribution in [0.1, 0.15) is 35.9 Å². The third kappa shape index (κ3) is 2.14. The van der Waals surface area contributed by atoms with Gasteiger partial charge in [0, 0.05) is 26.2 Å². The molecule has 1 spiro atoms. The van der Waals surface area contributed by atoms with Crippen molar-refractivity contribution in [1.82, 2.24) is 9.80 Å². The third-order valence-electron chi connectivity index (χ3n) is 4.72. The summed E-state index contributed by atoms with van der Waals surface area (Å²) in [6.07, 6.45) is 2.60. The number of hydrogen-bond donors (Lipinski definition) is 0. The molecule has 0 atom stereocenters. The second kappa shape index (κ2) is 5.20. The minimum absolute atomic E-state index is 0.118. The fraction of sp³-hybridized carbons (Fsp3) is 0.600. The molecular weight excluding hydrogens is 272 g/mol. The van der Waals surface area contributed by atoms with Crippen LogP contribution in [0.25, 0.3) is 0 Å². The monoisotopic (exact) mass is 292 g/mol. The average Bonchev–Trinajstić information content (AvgIpc) is 3.10. The summed E-state index contributed by atoms with van der Waals surface area (Å²) in [4.78, 5) is 29.4. The molecule has 0 bridgehead atoms. The molecule has 3 rings (SSSR count). The molecule has 0 aliphatic carbocycles. The first kappa shape index (κ1) is 13.6. The number of piperidine rings is 1. The largest absolute Gasteiger partial charge is 0.342 e. The Hall–Kier alpha value is -1.36. The Bertz CT molecular complexity index is 504. The van der Waals surface area contributed by atoms with E-state index in [1.54, 1.807) is 0 Å². The Kier molecular flexibility index (Phi) is 3.54. The maximum absolute atomic E-state index is 12.4. The van der Waals surface area contributed by atoms with E-state index < -0.39 is 0 Å². The Morgan fingerprint density at radius 3 is 2.55 bits per heavy atom. The highest BCUT2D eigenvalue weighted by atomic mass is 32.1. The Morgan fingerprint density at radius 2 is 2.00 bits per heavy atom. The normalized spacial score (nSPS) is 21.8. The van der Waals surface area contributed by atoms with Crippen LogP contribution in [0, 0.1) is 5.41 Å². The molecule has 0 aromatic carbocycles. The van der Waals surface area contributed by atoms with Gasteiger partial charge in [-0.25, -0.2) is 0 Å². The van der Waals surface area contributed by atoms with Crippen molar-refractivity contribution in [2.45, 2.75) is 26.2 Å². The van der Waals surface area contributed by atoms with Crippen molar-refractivity contribution < 1.29 is 9.59 Å². The quantitative estimate of drug-likeness (QED) is 0.838. The maximum atomic E-state index is 12.4. The van der Waals surface area contributed by atoms with E-state index in [9.17, 15) is 9.59 Å². The van der Waals surface area contributed by atoms with Gasteiger partial charge in [-0.05, 0) is 37.6 Å². The van der Waals surface area contributed by atoms with Crippen LogP contribution < -0.4 is 0 Å². The van der Waals surface area contributed by atoms with E-state index in [1.165, 1.54) is 11.3 Å². The second-order valence-electron chi connectivity index (χ2n) is 5.68. The number of nitrogens with zero attached hydrogens (tertiary/aromatic N) is 2. The van der Waals surface area contributed by atoms with Crippen molar-refractivity contribution in [1.29, 1.82) is 0 Å². The molecule has 3 heterocycles. The fourth-order valence-corrected chi connectivity index (χ4v) is 4.04. The first-order valence-corrected chi connectivity index (χ1v) is 8.16. The van der Waals surface area contributed by atoms with Gasteiger partial charge >= 0.3 is 0 Å². The van der Waals surface area contributed by atoms with Crippen LogP contribution >= 0.6 is 11.3 Å². The molecule has 1 aromatic rings. The summed E-state index contributed by atoms with van der Waals surface area (Å²) in [5.74, 6) is 0.427. The van der Waals surface area contributed by atoms with Crippen molar-refractivity contribution >= 4 is 23.2 Å². The highest BCUT2D eigenvalue weighted by molar-refractivity contribution is 7.12. The van der Waals surface area contributed by atoms with Crippen molar-refractivity contribution in [3.8, 4) is 0 Å². The van der Waals surface area contributed by atoms with E-state index >= 15 is 0 Å². The van der Waals surface area contributed by atoms with Gasteiger partial charge in [-0.3, -0.25) is 9.59 Å². The van der Waals surface area contributed by atoms with Gasteiger partial charge in [0.15, 0.2) is 0 Å². The fourth-order valence-electron chi connectivity index (χ4n) is 3.35. The van der Waals surface area contributed by atoms with Gasteiger partial charge in [0.2, 0.25) is 5.91 Å². The van der Waals surface area contributed by atoms with Gasteiger partial charge in [-0.2, -0.15) is 0 Å². The predicted octanol–water partition coefficient (Wildman–Crippen LogP) is 2.22. The number of carbonyl (C=O) groups excluding carboxylic acids is 2. The van der Waals surface area contributed by atoms with Crippen LogP contribution in [-0.4, -0.2) is 47.8 Å². The Balaban J connectivity index is 1.66. The lowest BCUT2D eigenvalue weighted by atomic mass is 9.77. The summed E-state index contributed by atoms with van der Waals surface area (Å²) >= 11 is 1.49. The molecule has 0 saturated carbocycles. The topological polar surface area (TPSA) is 40.6 Å². The summed E-state index contributed by atoms with van der Waals surface area (Å²) in [5, 5.41) is 1.93. The van der Waals surface area contributed by atoms with E-state index in [-0.39, 0.29) is 11.3 Å². The molecule has 2 amide bonds. The zero-order valence-electron chi connectivity index (χ0n) is 11.8. The molecule has 5 heteroatoms. The molecule has 2 fully saturated rings. The zero-order chi connectivity index (χ0) is 14.2. The summed E-state index contributed by atoms with van der Waals surface area (Å²) in [5.41, 5.74) is -0.178. The molecular formula is C15H20N2O2S. The maximum Gasteiger partial charge on any atom is 0.263 e. The molecule has 20 heavy (non-hydrogen) atoms. The Labute approximate surface area is 123 Å². The minimum Gasteiger partial charge on any atom is -0.342 e.